The van der Waals surface area contributed by atoms with E-state index in [0.717, 1.165) is 0 Å². The Morgan fingerprint density at radius 3 is 2.62 bits per heavy atom. The summed E-state index contributed by atoms with van der Waals surface area (Å²) in [5.41, 5.74) is 0.485. The fraction of sp³-hybridized carbons (Fsp3) is 0.364. The summed E-state index contributed by atoms with van der Waals surface area (Å²) in [6.45, 7) is 3.51. The third-order valence-electron chi connectivity index (χ3n) is 2.24. The number of hydrogen-bond acceptors (Lipinski definition) is 3. The Morgan fingerprint density at radius 1 is 1.56 bits per heavy atom. The van der Waals surface area contributed by atoms with Crippen molar-refractivity contribution in [3.05, 3.63) is 24.5 Å². The molecule has 0 aliphatic carbocycles. The number of carbonyl (C=O) groups is 2. The SMILES string of the molecule is CC(C)[C@@H](C(=O)O)N(C=O)c1cccnc1. The number of nitrogens with zero attached hydrogens (tertiary/aromatic N) is 2. The van der Waals surface area contributed by atoms with Crippen LogP contribution in [0.1, 0.15) is 13.8 Å². The molecule has 1 aromatic heterocycles. The van der Waals surface area contributed by atoms with Crippen LogP contribution < -0.4 is 4.90 Å². The van der Waals surface area contributed by atoms with Gasteiger partial charge >= 0.3 is 5.97 Å². The average Bonchev–Trinajstić information content (AvgIpc) is 2.25. The Hall–Kier alpha value is -1.91. The molecule has 86 valence electrons. The predicted molar refractivity (Wildman–Crippen MR) is 59.0 cm³/mol. The van der Waals surface area contributed by atoms with E-state index in [1.165, 1.54) is 11.1 Å². The van der Waals surface area contributed by atoms with Crippen molar-refractivity contribution in [1.82, 2.24) is 4.98 Å². The number of aromatic nitrogens is 1. The summed E-state index contributed by atoms with van der Waals surface area (Å²) in [6.07, 6.45) is 3.56. The first-order chi connectivity index (χ1) is 7.57. The molecular weight excluding hydrogens is 208 g/mol. The molecule has 5 nitrogen and oxygen atoms in total. The van der Waals surface area contributed by atoms with Gasteiger partial charge in [0.25, 0.3) is 0 Å². The molecule has 0 bridgehead atoms. The van der Waals surface area contributed by atoms with Crippen molar-refractivity contribution in [2.75, 3.05) is 4.90 Å². The summed E-state index contributed by atoms with van der Waals surface area (Å²) in [5, 5.41) is 9.09. The van der Waals surface area contributed by atoms with Gasteiger partial charge in [0.2, 0.25) is 6.41 Å². The molecule has 0 aromatic carbocycles. The van der Waals surface area contributed by atoms with Gasteiger partial charge in [-0.2, -0.15) is 0 Å². The predicted octanol–water partition coefficient (Wildman–Crippen LogP) is 1.15. The molecule has 0 saturated heterocycles. The topological polar surface area (TPSA) is 70.5 Å². The van der Waals surface area contributed by atoms with Crippen molar-refractivity contribution >= 4 is 18.1 Å². The Kier molecular flexibility index (Phi) is 3.99. The second kappa shape index (κ2) is 5.25. The Bertz CT molecular complexity index is 365. The lowest BCUT2D eigenvalue weighted by atomic mass is 10.0. The van der Waals surface area contributed by atoms with Crippen molar-refractivity contribution in [3.63, 3.8) is 0 Å². The zero-order chi connectivity index (χ0) is 12.1. The van der Waals surface area contributed by atoms with Crippen molar-refractivity contribution in [1.29, 1.82) is 0 Å². The van der Waals surface area contributed by atoms with E-state index in [2.05, 4.69) is 4.98 Å². The van der Waals surface area contributed by atoms with E-state index in [4.69, 9.17) is 5.11 Å². The van der Waals surface area contributed by atoms with Gasteiger partial charge in [-0.1, -0.05) is 13.8 Å². The molecule has 0 spiro atoms. The number of carbonyl (C=O) groups excluding carboxylic acids is 1. The van der Waals surface area contributed by atoms with Crippen LogP contribution in [0.5, 0.6) is 0 Å². The number of carboxylic acid groups (broad SMARTS) is 1. The normalized spacial score (nSPS) is 12.2. The second-order valence-electron chi connectivity index (χ2n) is 3.75. The maximum atomic E-state index is 11.1. The molecule has 0 radical (unpaired) electrons. The standard InChI is InChI=1S/C11H14N2O3/c1-8(2)10(11(15)16)13(7-14)9-4-3-5-12-6-9/h3-8,10H,1-2H3,(H,15,16)/t10-/m0/s1. The van der Waals surface area contributed by atoms with Gasteiger partial charge < -0.3 is 5.11 Å². The number of pyridine rings is 1. The molecule has 0 aliphatic rings. The first kappa shape index (κ1) is 12.2. The minimum absolute atomic E-state index is 0.178. The molecule has 0 unspecified atom stereocenters. The van der Waals surface area contributed by atoms with Crippen molar-refractivity contribution < 1.29 is 14.7 Å². The third-order valence-corrected chi connectivity index (χ3v) is 2.24. The van der Waals surface area contributed by atoms with Gasteiger partial charge in [-0.05, 0) is 18.1 Å². The van der Waals surface area contributed by atoms with Gasteiger partial charge in [0, 0.05) is 6.20 Å². The zero-order valence-corrected chi connectivity index (χ0v) is 9.20. The van der Waals surface area contributed by atoms with Gasteiger partial charge in [0.15, 0.2) is 0 Å². The Morgan fingerprint density at radius 2 is 2.25 bits per heavy atom. The number of hydrogen-bond donors (Lipinski definition) is 1. The highest BCUT2D eigenvalue weighted by Gasteiger charge is 2.28. The molecule has 1 aromatic rings. The minimum Gasteiger partial charge on any atom is -0.480 e. The number of rotatable bonds is 5. The zero-order valence-electron chi connectivity index (χ0n) is 9.20. The lowest BCUT2D eigenvalue weighted by Gasteiger charge is -2.27. The molecule has 16 heavy (non-hydrogen) atoms. The molecule has 0 aliphatic heterocycles. The quantitative estimate of drug-likeness (QED) is 0.759. The summed E-state index contributed by atoms with van der Waals surface area (Å²) in [7, 11) is 0. The highest BCUT2D eigenvalue weighted by Crippen LogP contribution is 2.18. The molecule has 1 heterocycles. The van der Waals surface area contributed by atoms with E-state index in [1.807, 2.05) is 0 Å². The highest BCUT2D eigenvalue weighted by atomic mass is 16.4. The molecule has 1 atom stereocenters. The third kappa shape index (κ3) is 2.56. The van der Waals surface area contributed by atoms with E-state index in [9.17, 15) is 9.59 Å². The van der Waals surface area contributed by atoms with Crippen molar-refractivity contribution in [3.8, 4) is 0 Å². The number of anilines is 1. The van der Waals surface area contributed by atoms with Gasteiger partial charge in [0.05, 0.1) is 11.9 Å². The lowest BCUT2D eigenvalue weighted by Crippen LogP contribution is -2.44. The van der Waals surface area contributed by atoms with Crippen molar-refractivity contribution in [2.24, 2.45) is 5.92 Å². The van der Waals surface area contributed by atoms with E-state index < -0.39 is 12.0 Å². The van der Waals surface area contributed by atoms with Gasteiger partial charge in [0.1, 0.15) is 6.04 Å². The number of amides is 1. The first-order valence-corrected chi connectivity index (χ1v) is 4.94. The van der Waals surface area contributed by atoms with Crippen LogP contribution >= 0.6 is 0 Å². The van der Waals surface area contributed by atoms with Crippen molar-refractivity contribution in [2.45, 2.75) is 19.9 Å². The van der Waals surface area contributed by atoms with E-state index in [0.29, 0.717) is 12.1 Å². The molecule has 0 fully saturated rings. The van der Waals surface area contributed by atoms with Crippen LogP contribution in [0, 0.1) is 5.92 Å². The smallest absolute Gasteiger partial charge is 0.327 e. The molecule has 0 saturated carbocycles. The van der Waals surface area contributed by atoms with E-state index >= 15 is 0 Å². The summed E-state index contributed by atoms with van der Waals surface area (Å²) < 4.78 is 0. The van der Waals surface area contributed by atoms with Crippen LogP contribution in [0.25, 0.3) is 0 Å². The fourth-order valence-corrected chi connectivity index (χ4v) is 1.52. The summed E-state index contributed by atoms with van der Waals surface area (Å²) in [5.74, 6) is -1.20. The van der Waals surface area contributed by atoms with Crippen LogP contribution in [0.2, 0.25) is 0 Å². The lowest BCUT2D eigenvalue weighted by molar-refractivity contribution is -0.140. The van der Waals surface area contributed by atoms with E-state index in [1.54, 1.807) is 32.2 Å². The Balaban J connectivity index is 3.05. The van der Waals surface area contributed by atoms with E-state index in [-0.39, 0.29) is 5.92 Å². The first-order valence-electron chi connectivity index (χ1n) is 4.94. The second-order valence-corrected chi connectivity index (χ2v) is 3.75. The maximum absolute atomic E-state index is 11.1. The monoisotopic (exact) mass is 222 g/mol. The summed E-state index contributed by atoms with van der Waals surface area (Å²) >= 11 is 0. The average molecular weight is 222 g/mol. The maximum Gasteiger partial charge on any atom is 0.327 e. The summed E-state index contributed by atoms with van der Waals surface area (Å²) in [4.78, 5) is 27.1. The largest absolute Gasteiger partial charge is 0.480 e. The highest BCUT2D eigenvalue weighted by molar-refractivity contribution is 5.88. The van der Waals surface area contributed by atoms with Gasteiger partial charge in [-0.3, -0.25) is 14.7 Å². The van der Waals surface area contributed by atoms with Crippen LogP contribution in [0.4, 0.5) is 5.69 Å². The van der Waals surface area contributed by atoms with Crippen LogP contribution in [-0.4, -0.2) is 28.5 Å². The summed E-state index contributed by atoms with van der Waals surface area (Å²) in [6, 6.07) is 2.44. The number of carboxylic acids is 1. The minimum atomic E-state index is -1.02. The number of aliphatic carboxylic acids is 1. The van der Waals surface area contributed by atoms with Gasteiger partial charge in [-0.15, -0.1) is 0 Å². The van der Waals surface area contributed by atoms with Gasteiger partial charge in [-0.25, -0.2) is 4.79 Å². The molecular formula is C11H14N2O3. The Labute approximate surface area is 93.7 Å². The molecule has 1 rings (SSSR count). The van der Waals surface area contributed by atoms with Crippen LogP contribution in [0.15, 0.2) is 24.5 Å². The van der Waals surface area contributed by atoms with Crippen LogP contribution in [0.3, 0.4) is 0 Å². The molecule has 1 N–H and O–H groups in total. The molecule has 5 heteroatoms. The molecule has 1 amide bonds. The van der Waals surface area contributed by atoms with Crippen LogP contribution in [-0.2, 0) is 9.59 Å². The fourth-order valence-electron chi connectivity index (χ4n) is 1.52.